The van der Waals surface area contributed by atoms with E-state index in [0.29, 0.717) is 13.1 Å². The molecule has 1 N–H and O–H groups in total. The number of aromatic amines is 1. The summed E-state index contributed by atoms with van der Waals surface area (Å²) in [5.41, 5.74) is 5.09. The van der Waals surface area contributed by atoms with E-state index in [2.05, 4.69) is 34.7 Å². The maximum absolute atomic E-state index is 12.9. The Morgan fingerprint density at radius 2 is 1.90 bits per heavy atom. The molecule has 0 fully saturated rings. The van der Waals surface area contributed by atoms with Crippen LogP contribution in [0.5, 0.6) is 0 Å². The van der Waals surface area contributed by atoms with E-state index in [1.54, 1.807) is 11.8 Å². The van der Waals surface area contributed by atoms with Crippen LogP contribution >= 0.6 is 11.8 Å². The molecule has 0 saturated carbocycles. The monoisotopic (exact) mass is 433 g/mol. The van der Waals surface area contributed by atoms with Gasteiger partial charge in [-0.3, -0.25) is 9.89 Å². The van der Waals surface area contributed by atoms with Crippen molar-refractivity contribution in [1.82, 2.24) is 24.6 Å². The van der Waals surface area contributed by atoms with Crippen molar-refractivity contribution in [1.29, 1.82) is 0 Å². The first-order valence-electron chi connectivity index (χ1n) is 10.4. The fourth-order valence-corrected chi connectivity index (χ4v) is 4.15. The molecule has 0 radical (unpaired) electrons. The third-order valence-electron chi connectivity index (χ3n) is 5.37. The van der Waals surface area contributed by atoms with E-state index in [4.69, 9.17) is 4.98 Å². The van der Waals surface area contributed by atoms with Crippen LogP contribution in [0.3, 0.4) is 0 Å². The van der Waals surface area contributed by atoms with Gasteiger partial charge < -0.3 is 9.47 Å². The lowest BCUT2D eigenvalue weighted by Crippen LogP contribution is -2.31. The highest BCUT2D eigenvalue weighted by molar-refractivity contribution is 7.97. The number of H-pyrrole nitrogens is 1. The predicted molar refractivity (Wildman–Crippen MR) is 127 cm³/mol. The zero-order chi connectivity index (χ0) is 21.6. The Bertz CT molecular complexity index is 1150. The molecule has 1 amide bonds. The van der Waals surface area contributed by atoms with E-state index >= 15 is 0 Å². The molecule has 31 heavy (non-hydrogen) atoms. The number of amides is 1. The first-order chi connectivity index (χ1) is 15.2. The molecule has 7 heteroatoms. The van der Waals surface area contributed by atoms with Crippen molar-refractivity contribution >= 4 is 28.7 Å². The molecule has 6 nitrogen and oxygen atoms in total. The van der Waals surface area contributed by atoms with Crippen LogP contribution in [0.2, 0.25) is 0 Å². The van der Waals surface area contributed by atoms with Crippen molar-refractivity contribution in [2.45, 2.75) is 25.1 Å². The highest BCUT2D eigenvalue weighted by atomic mass is 32.2. The van der Waals surface area contributed by atoms with Crippen LogP contribution in [0.25, 0.3) is 22.3 Å². The highest BCUT2D eigenvalue weighted by Crippen LogP contribution is 2.20. The van der Waals surface area contributed by atoms with Gasteiger partial charge in [-0.15, -0.1) is 0 Å². The number of nitrogens with one attached hydrogen (secondary N) is 1. The van der Waals surface area contributed by atoms with Crippen LogP contribution in [-0.2, 0) is 23.5 Å². The first-order valence-corrected chi connectivity index (χ1v) is 11.8. The normalized spacial score (nSPS) is 11.2. The molecule has 2 aromatic carbocycles. The number of thioether (sulfide) groups is 1. The number of carbonyl (C=O) groups is 1. The van der Waals surface area contributed by atoms with Crippen LogP contribution in [0, 0.1) is 0 Å². The Morgan fingerprint density at radius 3 is 2.71 bits per heavy atom. The van der Waals surface area contributed by atoms with Crippen molar-refractivity contribution in [3.63, 3.8) is 0 Å². The number of likely N-dealkylation sites (N-methyl/N-ethyl adjacent to an activating group) is 1. The van der Waals surface area contributed by atoms with E-state index in [0.717, 1.165) is 52.4 Å². The smallest absolute Gasteiger partial charge is 0.242 e. The summed E-state index contributed by atoms with van der Waals surface area (Å²) in [6.45, 7) is 1.01. The van der Waals surface area contributed by atoms with Gasteiger partial charge in [-0.25, -0.2) is 4.98 Å². The van der Waals surface area contributed by atoms with Gasteiger partial charge in [0.25, 0.3) is 0 Å². The lowest BCUT2D eigenvalue weighted by Gasteiger charge is -2.18. The average Bonchev–Trinajstić information content (AvgIpc) is 3.40. The highest BCUT2D eigenvalue weighted by Gasteiger charge is 2.16. The molecule has 2 heterocycles. The van der Waals surface area contributed by atoms with Crippen molar-refractivity contribution in [2.24, 2.45) is 0 Å². The maximum atomic E-state index is 12.9. The fourth-order valence-electron chi connectivity index (χ4n) is 3.67. The molecular formula is C24H27N5OS. The third kappa shape index (κ3) is 4.99. The summed E-state index contributed by atoms with van der Waals surface area (Å²) in [5, 5.41) is 7.52. The Balaban J connectivity index is 1.34. The van der Waals surface area contributed by atoms with Gasteiger partial charge in [0.1, 0.15) is 12.4 Å². The second-order valence-electron chi connectivity index (χ2n) is 7.60. The van der Waals surface area contributed by atoms with Crippen LogP contribution in [0.1, 0.15) is 17.9 Å². The average molecular weight is 434 g/mol. The number of rotatable bonds is 9. The maximum Gasteiger partial charge on any atom is 0.242 e. The third-order valence-corrected chi connectivity index (χ3v) is 5.91. The van der Waals surface area contributed by atoms with Crippen molar-refractivity contribution < 1.29 is 4.79 Å². The molecule has 4 aromatic rings. The Morgan fingerprint density at radius 1 is 1.13 bits per heavy atom. The second-order valence-corrected chi connectivity index (χ2v) is 8.47. The molecule has 0 aliphatic carbocycles. The number of fused-ring (bicyclic) bond motifs is 1. The molecule has 0 saturated heterocycles. The van der Waals surface area contributed by atoms with Crippen molar-refractivity contribution in [3.8, 4) is 11.3 Å². The summed E-state index contributed by atoms with van der Waals surface area (Å²) in [4.78, 5) is 19.4. The van der Waals surface area contributed by atoms with Crippen molar-refractivity contribution in [3.05, 3.63) is 72.2 Å². The van der Waals surface area contributed by atoms with Gasteiger partial charge >= 0.3 is 0 Å². The van der Waals surface area contributed by atoms with Gasteiger partial charge in [-0.05, 0) is 37.3 Å². The standard InChI is InChI=1S/C24H27N5OS/c1-28(14-8-11-19-15-21(27-26-19)18-9-4-3-5-10-18)24(30)16-29-22-13-7-6-12-20(22)25-23(29)17-31-2/h3-7,9-10,12-13,15H,8,11,14,16-17H2,1-2H3,(H,26,27). The fraction of sp³-hybridized carbons (Fsp3) is 0.292. The summed E-state index contributed by atoms with van der Waals surface area (Å²) in [6, 6.07) is 20.2. The molecule has 2 aromatic heterocycles. The zero-order valence-electron chi connectivity index (χ0n) is 17.9. The van der Waals surface area contributed by atoms with Gasteiger partial charge in [0.05, 0.1) is 22.5 Å². The van der Waals surface area contributed by atoms with E-state index < -0.39 is 0 Å². The number of nitrogens with zero attached hydrogens (tertiary/aromatic N) is 4. The number of hydrogen-bond acceptors (Lipinski definition) is 4. The van der Waals surface area contributed by atoms with Crippen LogP contribution in [-0.4, -0.2) is 50.4 Å². The second kappa shape index (κ2) is 9.83. The summed E-state index contributed by atoms with van der Waals surface area (Å²) in [7, 11) is 1.87. The Labute approximate surface area is 186 Å². The van der Waals surface area contributed by atoms with Gasteiger partial charge in [0.2, 0.25) is 5.91 Å². The van der Waals surface area contributed by atoms with Gasteiger partial charge in [0.15, 0.2) is 0 Å². The van der Waals surface area contributed by atoms with Crippen LogP contribution in [0.15, 0.2) is 60.7 Å². The number of aromatic nitrogens is 4. The van der Waals surface area contributed by atoms with Crippen molar-refractivity contribution in [2.75, 3.05) is 19.8 Å². The minimum absolute atomic E-state index is 0.0973. The molecule has 0 unspecified atom stereocenters. The number of benzene rings is 2. The number of hydrogen-bond donors (Lipinski definition) is 1. The minimum Gasteiger partial charge on any atom is -0.344 e. The summed E-state index contributed by atoms with van der Waals surface area (Å²) >= 11 is 1.71. The first kappa shape index (κ1) is 21.2. The Kier molecular flexibility index (Phi) is 6.72. The number of aryl methyl sites for hydroxylation is 1. The molecule has 0 atom stereocenters. The van der Waals surface area contributed by atoms with E-state index in [9.17, 15) is 4.79 Å². The molecule has 160 valence electrons. The van der Waals surface area contributed by atoms with E-state index in [1.807, 2.05) is 59.0 Å². The lowest BCUT2D eigenvalue weighted by atomic mass is 10.1. The van der Waals surface area contributed by atoms with E-state index in [1.165, 1.54) is 0 Å². The number of carbonyl (C=O) groups excluding carboxylic acids is 1. The predicted octanol–water partition coefficient (Wildman–Crippen LogP) is 4.38. The molecule has 0 aliphatic heterocycles. The SMILES string of the molecule is CSCc1nc2ccccc2n1CC(=O)N(C)CCCc1cc(-c2ccccc2)n[nH]1. The molecular weight excluding hydrogens is 406 g/mol. The van der Waals surface area contributed by atoms with Crippen LogP contribution < -0.4 is 0 Å². The summed E-state index contributed by atoms with van der Waals surface area (Å²) < 4.78 is 2.05. The molecule has 0 bridgehead atoms. The zero-order valence-corrected chi connectivity index (χ0v) is 18.7. The van der Waals surface area contributed by atoms with Gasteiger partial charge in [-0.1, -0.05) is 42.5 Å². The van der Waals surface area contributed by atoms with E-state index in [-0.39, 0.29) is 5.91 Å². The van der Waals surface area contributed by atoms with Gasteiger partial charge in [-0.2, -0.15) is 16.9 Å². The topological polar surface area (TPSA) is 66.8 Å². The molecule has 0 spiro atoms. The quantitative estimate of drug-likeness (QED) is 0.425. The lowest BCUT2D eigenvalue weighted by molar-refractivity contribution is -0.130. The summed E-state index contributed by atoms with van der Waals surface area (Å²) in [6.07, 6.45) is 3.78. The molecule has 0 aliphatic rings. The number of imidazole rings is 1. The van der Waals surface area contributed by atoms with Crippen LogP contribution in [0.4, 0.5) is 0 Å². The summed E-state index contributed by atoms with van der Waals surface area (Å²) in [5.74, 6) is 1.83. The largest absolute Gasteiger partial charge is 0.344 e. The minimum atomic E-state index is 0.0973. The Hall–Kier alpha value is -3.06. The van der Waals surface area contributed by atoms with Gasteiger partial charge in [0, 0.05) is 24.8 Å². The molecule has 4 rings (SSSR count). The number of para-hydroxylation sites is 2.